The fourth-order valence-electron chi connectivity index (χ4n) is 2.66. The first-order chi connectivity index (χ1) is 12.1. The number of carbonyl (C=O) groups is 3. The van der Waals surface area contributed by atoms with Gasteiger partial charge in [-0.15, -0.1) is 0 Å². The number of fused-ring (bicyclic) bond motifs is 1. The summed E-state index contributed by atoms with van der Waals surface area (Å²) in [6.07, 6.45) is 7.61. The minimum Gasteiger partial charge on any atom is -0.464 e. The van der Waals surface area contributed by atoms with E-state index in [0.29, 0.717) is 10.5 Å². The molecule has 0 aliphatic carbocycles. The van der Waals surface area contributed by atoms with Crippen molar-refractivity contribution in [1.29, 1.82) is 0 Å². The predicted molar refractivity (Wildman–Crippen MR) is 95.6 cm³/mol. The molecule has 2 fully saturated rings. The summed E-state index contributed by atoms with van der Waals surface area (Å²) in [7, 11) is 0. The number of nitrogens with one attached hydrogen (secondary N) is 1. The molecular formula is C18H14N2O4S. The Morgan fingerprint density at radius 2 is 2.12 bits per heavy atom. The summed E-state index contributed by atoms with van der Waals surface area (Å²) in [5, 5.41) is 2.71. The monoisotopic (exact) mass is 354 g/mol. The van der Waals surface area contributed by atoms with Gasteiger partial charge in [0.05, 0.1) is 11.2 Å². The van der Waals surface area contributed by atoms with E-state index in [1.165, 1.54) is 0 Å². The first-order valence-electron chi connectivity index (χ1n) is 7.83. The number of benzene rings is 1. The van der Waals surface area contributed by atoms with E-state index in [2.05, 4.69) is 5.32 Å². The van der Waals surface area contributed by atoms with Crippen LogP contribution in [0.25, 0.3) is 23.1 Å². The van der Waals surface area contributed by atoms with Crippen molar-refractivity contribution in [2.75, 3.05) is 13.1 Å². The van der Waals surface area contributed by atoms with Crippen LogP contribution in [0.15, 0.2) is 39.9 Å². The third-order valence-electron chi connectivity index (χ3n) is 4.14. The number of hydrogen-bond donors (Lipinski definition) is 1. The van der Waals surface area contributed by atoms with Gasteiger partial charge in [-0.05, 0) is 48.0 Å². The summed E-state index contributed by atoms with van der Waals surface area (Å²) in [5.41, 5.74) is 2.27. The molecule has 0 atom stereocenters. The highest BCUT2D eigenvalue weighted by Crippen LogP contribution is 2.28. The first kappa shape index (κ1) is 15.7. The van der Waals surface area contributed by atoms with Gasteiger partial charge >= 0.3 is 0 Å². The predicted octanol–water partition coefficient (Wildman–Crippen LogP) is 3.00. The summed E-state index contributed by atoms with van der Waals surface area (Å²) in [6, 6.07) is 5.49. The summed E-state index contributed by atoms with van der Waals surface area (Å²) in [6.45, 7) is 1.62. The summed E-state index contributed by atoms with van der Waals surface area (Å²) in [4.78, 5) is 37.0. The van der Waals surface area contributed by atoms with Crippen LogP contribution < -0.4 is 5.32 Å². The zero-order valence-electron chi connectivity index (χ0n) is 13.2. The van der Waals surface area contributed by atoms with Crippen LogP contribution in [0.2, 0.25) is 0 Å². The van der Waals surface area contributed by atoms with Gasteiger partial charge in [0.1, 0.15) is 5.58 Å². The molecule has 0 radical (unpaired) electrons. The molecule has 4 rings (SSSR count). The summed E-state index contributed by atoms with van der Waals surface area (Å²) < 4.78 is 5.51. The lowest BCUT2D eigenvalue weighted by atomic mass is 10.1. The van der Waals surface area contributed by atoms with Crippen LogP contribution in [-0.4, -0.2) is 35.0 Å². The average molecular weight is 354 g/mol. The number of imide groups is 1. The fraction of sp³-hybridized carbons (Fsp3) is 0.167. The Labute approximate surface area is 147 Å². The molecule has 2 saturated heterocycles. The van der Waals surface area contributed by atoms with Gasteiger partial charge in [0, 0.05) is 30.1 Å². The fourth-order valence-corrected chi connectivity index (χ4v) is 3.34. The molecule has 0 bridgehead atoms. The van der Waals surface area contributed by atoms with E-state index in [1.54, 1.807) is 35.5 Å². The minimum atomic E-state index is -0.387. The van der Waals surface area contributed by atoms with Crippen LogP contribution in [0.5, 0.6) is 0 Å². The van der Waals surface area contributed by atoms with E-state index in [9.17, 15) is 14.4 Å². The molecule has 3 heterocycles. The van der Waals surface area contributed by atoms with Crippen LogP contribution in [0.1, 0.15) is 17.5 Å². The van der Waals surface area contributed by atoms with Gasteiger partial charge < -0.3 is 9.32 Å². The van der Waals surface area contributed by atoms with Crippen molar-refractivity contribution in [3.8, 4) is 0 Å². The van der Waals surface area contributed by atoms with Crippen molar-refractivity contribution in [3.05, 3.63) is 46.6 Å². The standard InChI is InChI=1S/C18H14N2O4S/c21-16(20-6-1-7-20)5-3-12-10-24-14-4-2-11(8-13(12)14)9-15-17(22)19-18(23)25-15/h2-5,8-10H,1,6-7H2,(H,19,22,23)/b5-3+,15-9+. The zero-order valence-corrected chi connectivity index (χ0v) is 14.0. The minimum absolute atomic E-state index is 0.00332. The largest absolute Gasteiger partial charge is 0.464 e. The van der Waals surface area contributed by atoms with Crippen LogP contribution >= 0.6 is 11.8 Å². The smallest absolute Gasteiger partial charge is 0.290 e. The van der Waals surface area contributed by atoms with E-state index in [-0.39, 0.29) is 17.1 Å². The molecule has 1 aromatic carbocycles. The van der Waals surface area contributed by atoms with Crippen molar-refractivity contribution >= 4 is 51.9 Å². The number of hydrogen-bond acceptors (Lipinski definition) is 5. The molecule has 0 spiro atoms. The number of thioether (sulfide) groups is 1. The van der Waals surface area contributed by atoms with Gasteiger partial charge in [-0.1, -0.05) is 6.07 Å². The van der Waals surface area contributed by atoms with E-state index < -0.39 is 0 Å². The average Bonchev–Trinajstić information content (AvgIpc) is 3.06. The Bertz CT molecular complexity index is 953. The lowest BCUT2D eigenvalue weighted by Gasteiger charge is -2.29. The van der Waals surface area contributed by atoms with Crippen molar-refractivity contribution in [1.82, 2.24) is 10.2 Å². The molecule has 3 amide bonds. The SMILES string of the molecule is O=C1NC(=O)/C(=C\c2ccc3occ(/C=C/C(=O)N4CCC4)c3c2)S1. The van der Waals surface area contributed by atoms with E-state index in [4.69, 9.17) is 4.42 Å². The van der Waals surface area contributed by atoms with Gasteiger partial charge in [0.15, 0.2) is 0 Å². The maximum atomic E-state index is 11.9. The highest BCUT2D eigenvalue weighted by atomic mass is 32.2. The van der Waals surface area contributed by atoms with Gasteiger partial charge in [-0.25, -0.2) is 0 Å². The Kier molecular flexibility index (Phi) is 3.93. The summed E-state index contributed by atoms with van der Waals surface area (Å²) in [5.74, 6) is -0.390. The van der Waals surface area contributed by atoms with E-state index >= 15 is 0 Å². The Balaban J connectivity index is 1.62. The third-order valence-corrected chi connectivity index (χ3v) is 4.95. The first-order valence-corrected chi connectivity index (χ1v) is 8.65. The molecule has 1 aromatic heterocycles. The molecule has 1 N–H and O–H groups in total. The van der Waals surface area contributed by atoms with Crippen LogP contribution in [0, 0.1) is 0 Å². The van der Waals surface area contributed by atoms with Gasteiger partial charge in [0.2, 0.25) is 5.91 Å². The number of carbonyl (C=O) groups excluding carboxylic acids is 3. The van der Waals surface area contributed by atoms with Crippen molar-refractivity contribution in [3.63, 3.8) is 0 Å². The second-order valence-electron chi connectivity index (χ2n) is 5.81. The number of rotatable bonds is 3. The molecule has 0 unspecified atom stereocenters. The van der Waals surface area contributed by atoms with Crippen molar-refractivity contribution in [2.24, 2.45) is 0 Å². The van der Waals surface area contributed by atoms with Crippen molar-refractivity contribution < 1.29 is 18.8 Å². The quantitative estimate of drug-likeness (QED) is 0.857. The van der Waals surface area contributed by atoms with E-state index in [0.717, 1.165) is 47.8 Å². The van der Waals surface area contributed by atoms with Crippen LogP contribution in [0.3, 0.4) is 0 Å². The lowest BCUT2D eigenvalue weighted by molar-refractivity contribution is -0.129. The molecule has 6 nitrogen and oxygen atoms in total. The molecule has 0 saturated carbocycles. The van der Waals surface area contributed by atoms with Crippen LogP contribution in [-0.2, 0) is 9.59 Å². The molecule has 7 heteroatoms. The lowest BCUT2D eigenvalue weighted by Crippen LogP contribution is -2.40. The molecule has 25 heavy (non-hydrogen) atoms. The van der Waals surface area contributed by atoms with Gasteiger partial charge in [-0.2, -0.15) is 0 Å². The zero-order chi connectivity index (χ0) is 17.4. The molecule has 126 valence electrons. The van der Waals surface area contributed by atoms with Gasteiger partial charge in [0.25, 0.3) is 11.1 Å². The normalized spacial score (nSPS) is 19.0. The van der Waals surface area contributed by atoms with Crippen molar-refractivity contribution in [2.45, 2.75) is 6.42 Å². The van der Waals surface area contributed by atoms with Crippen LogP contribution in [0.4, 0.5) is 4.79 Å². The maximum Gasteiger partial charge on any atom is 0.290 e. The van der Waals surface area contributed by atoms with Gasteiger partial charge in [-0.3, -0.25) is 19.7 Å². The topological polar surface area (TPSA) is 79.6 Å². The molecule has 2 aliphatic heterocycles. The molecule has 2 aromatic rings. The maximum absolute atomic E-state index is 11.9. The molecule has 2 aliphatic rings. The highest BCUT2D eigenvalue weighted by molar-refractivity contribution is 8.18. The second-order valence-corrected chi connectivity index (χ2v) is 6.83. The number of amides is 3. The Hall–Kier alpha value is -2.80. The Morgan fingerprint density at radius 3 is 2.80 bits per heavy atom. The Morgan fingerprint density at radius 1 is 1.28 bits per heavy atom. The number of furan rings is 1. The number of nitrogens with zero attached hydrogens (tertiary/aromatic N) is 1. The van der Waals surface area contributed by atoms with E-state index in [1.807, 2.05) is 12.1 Å². The summed E-state index contributed by atoms with van der Waals surface area (Å²) >= 11 is 0.880. The highest BCUT2D eigenvalue weighted by Gasteiger charge is 2.25. The second kappa shape index (κ2) is 6.25. The third kappa shape index (κ3) is 3.10. The molecular weight excluding hydrogens is 340 g/mol. The number of likely N-dealkylation sites (tertiary alicyclic amines) is 1.